The number of rotatable bonds is 3. The summed E-state index contributed by atoms with van der Waals surface area (Å²) in [6.45, 7) is 4.48. The zero-order valence-electron chi connectivity index (χ0n) is 10.2. The molecule has 2 aliphatic heterocycles. The predicted molar refractivity (Wildman–Crippen MR) is 62.3 cm³/mol. The zero-order chi connectivity index (χ0) is 11.4. The van der Waals surface area contributed by atoms with E-state index in [2.05, 4.69) is 4.90 Å². The average molecular weight is 226 g/mol. The molecule has 0 aromatic rings. The maximum atomic E-state index is 11.7. The summed E-state index contributed by atoms with van der Waals surface area (Å²) >= 11 is 0. The Morgan fingerprint density at radius 1 is 1.25 bits per heavy atom. The molecule has 0 aromatic heterocycles. The molecule has 0 radical (unpaired) electrons. The normalized spacial score (nSPS) is 27.3. The minimum Gasteiger partial charge on any atom is -0.375 e. The van der Waals surface area contributed by atoms with E-state index in [9.17, 15) is 4.79 Å². The molecule has 2 fully saturated rings. The van der Waals surface area contributed by atoms with Crippen LogP contribution in [0.1, 0.15) is 25.7 Å². The van der Waals surface area contributed by atoms with Crippen molar-refractivity contribution < 1.29 is 9.53 Å². The van der Waals surface area contributed by atoms with Gasteiger partial charge in [0.25, 0.3) is 0 Å². The summed E-state index contributed by atoms with van der Waals surface area (Å²) in [5.41, 5.74) is 0. The topological polar surface area (TPSA) is 32.8 Å². The Hall–Kier alpha value is -0.610. The van der Waals surface area contributed by atoms with Gasteiger partial charge >= 0.3 is 0 Å². The maximum Gasteiger partial charge on any atom is 0.248 e. The van der Waals surface area contributed by atoms with Crippen molar-refractivity contribution in [2.75, 3.05) is 39.9 Å². The molecule has 92 valence electrons. The first-order valence-electron chi connectivity index (χ1n) is 6.32. The molecule has 4 nitrogen and oxygen atoms in total. The van der Waals surface area contributed by atoms with Crippen LogP contribution in [0, 0.1) is 0 Å². The van der Waals surface area contributed by atoms with Crippen molar-refractivity contribution in [3.8, 4) is 0 Å². The highest BCUT2D eigenvalue weighted by Crippen LogP contribution is 2.20. The summed E-state index contributed by atoms with van der Waals surface area (Å²) in [6.07, 6.45) is 5.15. The zero-order valence-corrected chi connectivity index (χ0v) is 10.2. The minimum absolute atomic E-state index is 0.141. The number of carbonyl (C=O) groups is 1. The van der Waals surface area contributed by atoms with Crippen LogP contribution < -0.4 is 0 Å². The van der Waals surface area contributed by atoms with Crippen molar-refractivity contribution in [3.05, 3.63) is 0 Å². The van der Waals surface area contributed by atoms with E-state index in [0.717, 1.165) is 19.5 Å². The summed E-state index contributed by atoms with van der Waals surface area (Å²) < 4.78 is 4.89. The second-order valence-electron chi connectivity index (χ2n) is 4.81. The molecule has 1 amide bonds. The number of hydrogen-bond donors (Lipinski definition) is 0. The Morgan fingerprint density at radius 2 is 2.00 bits per heavy atom. The predicted octanol–water partition coefficient (Wildman–Crippen LogP) is 0.720. The third-order valence-corrected chi connectivity index (χ3v) is 3.69. The summed E-state index contributed by atoms with van der Waals surface area (Å²) in [5.74, 6) is 0.141. The molecule has 2 rings (SSSR count). The Balaban J connectivity index is 1.80. The van der Waals surface area contributed by atoms with Crippen LogP contribution in [0.4, 0.5) is 0 Å². The molecule has 0 saturated carbocycles. The van der Waals surface area contributed by atoms with Gasteiger partial charge in [-0.15, -0.1) is 0 Å². The Morgan fingerprint density at radius 3 is 2.69 bits per heavy atom. The molecule has 1 atom stereocenters. The van der Waals surface area contributed by atoms with Gasteiger partial charge in [0.2, 0.25) is 5.91 Å². The highest BCUT2D eigenvalue weighted by Gasteiger charge is 2.30. The van der Waals surface area contributed by atoms with Crippen LogP contribution in [0.25, 0.3) is 0 Å². The molecule has 1 unspecified atom stereocenters. The number of nitrogens with zero attached hydrogens (tertiary/aromatic N) is 2. The number of methoxy groups -OCH3 is 1. The summed E-state index contributed by atoms with van der Waals surface area (Å²) in [4.78, 5) is 16.2. The standard InChI is InChI=1S/C12H22N2O2/c1-16-10-12(15)14-8-5-11(9-14)13-6-3-2-4-7-13/h11H,2-10H2,1H3. The lowest BCUT2D eigenvalue weighted by Crippen LogP contribution is -2.42. The van der Waals surface area contributed by atoms with Gasteiger partial charge < -0.3 is 9.64 Å². The lowest BCUT2D eigenvalue weighted by Gasteiger charge is -2.32. The SMILES string of the molecule is COCC(=O)N1CCC(N2CCCCC2)C1. The van der Waals surface area contributed by atoms with Crippen molar-refractivity contribution in [2.24, 2.45) is 0 Å². The molecule has 0 N–H and O–H groups in total. The van der Waals surface area contributed by atoms with Crippen LogP contribution in [0.5, 0.6) is 0 Å². The highest BCUT2D eigenvalue weighted by molar-refractivity contribution is 5.77. The second-order valence-corrected chi connectivity index (χ2v) is 4.81. The minimum atomic E-state index is 0.141. The Bertz CT molecular complexity index is 239. The van der Waals surface area contributed by atoms with E-state index in [0.29, 0.717) is 6.04 Å². The largest absolute Gasteiger partial charge is 0.375 e. The number of hydrogen-bond acceptors (Lipinski definition) is 3. The fraction of sp³-hybridized carbons (Fsp3) is 0.917. The van der Waals surface area contributed by atoms with Crippen molar-refractivity contribution in [1.82, 2.24) is 9.80 Å². The summed E-state index contributed by atoms with van der Waals surface area (Å²) in [6, 6.07) is 0.598. The first-order valence-corrected chi connectivity index (χ1v) is 6.32. The van der Waals surface area contributed by atoms with E-state index >= 15 is 0 Å². The van der Waals surface area contributed by atoms with Crippen LogP contribution in [0.2, 0.25) is 0 Å². The van der Waals surface area contributed by atoms with Crippen molar-refractivity contribution >= 4 is 5.91 Å². The molecule has 0 aromatic carbocycles. The number of amides is 1. The van der Waals surface area contributed by atoms with E-state index in [1.54, 1.807) is 7.11 Å². The Kier molecular flexibility index (Phi) is 4.18. The van der Waals surface area contributed by atoms with E-state index in [1.807, 2.05) is 4.90 Å². The Labute approximate surface area is 97.5 Å². The number of ether oxygens (including phenoxy) is 1. The van der Waals surface area contributed by atoms with Gasteiger partial charge in [-0.1, -0.05) is 6.42 Å². The van der Waals surface area contributed by atoms with Crippen molar-refractivity contribution in [2.45, 2.75) is 31.7 Å². The second kappa shape index (κ2) is 5.64. The molecule has 4 heteroatoms. The van der Waals surface area contributed by atoms with E-state index in [4.69, 9.17) is 4.74 Å². The monoisotopic (exact) mass is 226 g/mol. The fourth-order valence-corrected chi connectivity index (χ4v) is 2.76. The van der Waals surface area contributed by atoms with Crippen LogP contribution in [-0.4, -0.2) is 61.6 Å². The van der Waals surface area contributed by atoms with E-state index < -0.39 is 0 Å². The van der Waals surface area contributed by atoms with Crippen LogP contribution in [-0.2, 0) is 9.53 Å². The van der Waals surface area contributed by atoms with E-state index in [-0.39, 0.29) is 12.5 Å². The number of likely N-dealkylation sites (tertiary alicyclic amines) is 2. The third kappa shape index (κ3) is 2.74. The first-order chi connectivity index (χ1) is 7.81. The molecule has 2 heterocycles. The molecule has 2 aliphatic rings. The summed E-state index contributed by atoms with van der Waals surface area (Å²) in [7, 11) is 1.58. The molecule has 0 aliphatic carbocycles. The molecule has 16 heavy (non-hydrogen) atoms. The third-order valence-electron chi connectivity index (χ3n) is 3.69. The van der Waals surface area contributed by atoms with Gasteiger partial charge in [0.15, 0.2) is 0 Å². The van der Waals surface area contributed by atoms with Crippen LogP contribution in [0.3, 0.4) is 0 Å². The molecule has 0 spiro atoms. The van der Waals surface area contributed by atoms with Gasteiger partial charge in [-0.2, -0.15) is 0 Å². The fourth-order valence-electron chi connectivity index (χ4n) is 2.76. The van der Waals surface area contributed by atoms with Crippen LogP contribution >= 0.6 is 0 Å². The molecular weight excluding hydrogens is 204 g/mol. The van der Waals surface area contributed by atoms with Crippen LogP contribution in [0.15, 0.2) is 0 Å². The first kappa shape index (κ1) is 11.9. The van der Waals surface area contributed by atoms with Gasteiger partial charge in [-0.25, -0.2) is 0 Å². The van der Waals surface area contributed by atoms with Gasteiger partial charge in [-0.3, -0.25) is 9.69 Å². The highest BCUT2D eigenvalue weighted by atomic mass is 16.5. The molecular formula is C12H22N2O2. The summed E-state index contributed by atoms with van der Waals surface area (Å²) in [5, 5.41) is 0. The van der Waals surface area contributed by atoms with Crippen molar-refractivity contribution in [3.63, 3.8) is 0 Å². The average Bonchev–Trinajstić information content (AvgIpc) is 2.80. The van der Waals surface area contributed by atoms with Crippen molar-refractivity contribution in [1.29, 1.82) is 0 Å². The smallest absolute Gasteiger partial charge is 0.248 e. The van der Waals surface area contributed by atoms with Gasteiger partial charge in [0.1, 0.15) is 6.61 Å². The number of carbonyl (C=O) groups excluding carboxylic acids is 1. The maximum absolute atomic E-state index is 11.7. The van der Waals surface area contributed by atoms with Gasteiger partial charge in [0, 0.05) is 26.2 Å². The molecule has 0 bridgehead atoms. The number of piperidine rings is 1. The van der Waals surface area contributed by atoms with E-state index in [1.165, 1.54) is 32.4 Å². The quantitative estimate of drug-likeness (QED) is 0.711. The molecule has 2 saturated heterocycles. The van der Waals surface area contributed by atoms with Gasteiger partial charge in [0.05, 0.1) is 0 Å². The lowest BCUT2D eigenvalue weighted by atomic mass is 10.1. The lowest BCUT2D eigenvalue weighted by molar-refractivity contribution is -0.134. The van der Waals surface area contributed by atoms with Gasteiger partial charge in [-0.05, 0) is 32.4 Å².